The molecule has 0 aliphatic rings. The predicted molar refractivity (Wildman–Crippen MR) is 136 cm³/mol. The predicted octanol–water partition coefficient (Wildman–Crippen LogP) is 5.92. The summed E-state index contributed by atoms with van der Waals surface area (Å²) >= 11 is 0. The van der Waals surface area contributed by atoms with Crippen molar-refractivity contribution in [1.29, 1.82) is 0 Å². The van der Waals surface area contributed by atoms with Gasteiger partial charge in [0.15, 0.2) is 0 Å². The third-order valence-corrected chi connectivity index (χ3v) is 7.73. The maximum atomic E-state index is 3.85. The molecule has 0 amide bonds. The van der Waals surface area contributed by atoms with Gasteiger partial charge < -0.3 is 5.32 Å². The van der Waals surface area contributed by atoms with Gasteiger partial charge in [0.2, 0.25) is 0 Å². The second kappa shape index (κ2) is 10.4. The lowest BCUT2D eigenvalue weighted by molar-refractivity contribution is 0.692. The zero-order chi connectivity index (χ0) is 21.5. The van der Waals surface area contributed by atoms with Gasteiger partial charge in [-0.25, -0.2) is 0 Å². The fourth-order valence-corrected chi connectivity index (χ4v) is 6.29. The average molecular weight is 425 g/mol. The lowest BCUT2D eigenvalue weighted by Crippen LogP contribution is -2.39. The summed E-state index contributed by atoms with van der Waals surface area (Å²) in [4.78, 5) is 0. The molecule has 3 heteroatoms. The van der Waals surface area contributed by atoms with Gasteiger partial charge in [-0.2, -0.15) is 0 Å². The van der Waals surface area contributed by atoms with E-state index in [1.807, 2.05) is 0 Å². The summed E-state index contributed by atoms with van der Waals surface area (Å²) in [6, 6.07) is 39.0. The van der Waals surface area contributed by atoms with Crippen LogP contribution in [0.1, 0.15) is 16.7 Å². The number of aryl methyl sites for hydroxylation is 2. The molecular weight excluding hydrogens is 395 g/mol. The molecule has 156 valence electrons. The molecule has 0 aliphatic heterocycles. The highest BCUT2D eigenvalue weighted by Crippen LogP contribution is 2.39. The molecule has 0 aliphatic carbocycles. The van der Waals surface area contributed by atoms with Gasteiger partial charge in [-0.05, 0) is 61.2 Å². The highest BCUT2D eigenvalue weighted by atomic mass is 31.1. The molecule has 31 heavy (non-hydrogen) atoms. The molecule has 2 nitrogen and oxygen atoms in total. The van der Waals surface area contributed by atoms with E-state index in [0.29, 0.717) is 0 Å². The van der Waals surface area contributed by atoms with Crippen molar-refractivity contribution in [3.63, 3.8) is 0 Å². The molecule has 0 spiro atoms. The van der Waals surface area contributed by atoms with Crippen molar-refractivity contribution in [3.8, 4) is 0 Å². The van der Waals surface area contributed by atoms with Gasteiger partial charge in [0.1, 0.15) is 5.91 Å². The minimum Gasteiger partial charge on any atom is -0.366 e. The van der Waals surface area contributed by atoms with Crippen LogP contribution in [-0.4, -0.2) is 5.91 Å². The number of benzene rings is 4. The number of anilines is 1. The third-order valence-electron chi connectivity index (χ3n) is 5.19. The van der Waals surface area contributed by atoms with E-state index in [2.05, 4.69) is 134 Å². The SMILES string of the molecule is Cc1cc(C)cc(NC(NCc2ccccc2)P(c2ccccc2)c2ccccc2)c1. The lowest BCUT2D eigenvalue weighted by atomic mass is 10.1. The summed E-state index contributed by atoms with van der Waals surface area (Å²) in [6.07, 6.45) is 0. The van der Waals surface area contributed by atoms with Gasteiger partial charge in [-0.15, -0.1) is 0 Å². The Labute approximate surface area is 187 Å². The zero-order valence-corrected chi connectivity index (χ0v) is 19.0. The van der Waals surface area contributed by atoms with E-state index in [9.17, 15) is 0 Å². The van der Waals surface area contributed by atoms with Crippen molar-refractivity contribution in [1.82, 2.24) is 5.32 Å². The molecule has 0 saturated heterocycles. The van der Waals surface area contributed by atoms with Gasteiger partial charge in [0.05, 0.1) is 0 Å². The van der Waals surface area contributed by atoms with E-state index in [-0.39, 0.29) is 5.91 Å². The molecule has 0 fully saturated rings. The van der Waals surface area contributed by atoms with E-state index in [0.717, 1.165) is 12.2 Å². The van der Waals surface area contributed by atoms with Crippen LogP contribution in [0.5, 0.6) is 0 Å². The summed E-state index contributed by atoms with van der Waals surface area (Å²) in [5.41, 5.74) is 4.98. The molecule has 4 aromatic carbocycles. The van der Waals surface area contributed by atoms with Gasteiger partial charge in [-0.3, -0.25) is 5.32 Å². The average Bonchev–Trinajstić information content (AvgIpc) is 2.79. The van der Waals surface area contributed by atoms with Crippen LogP contribution in [-0.2, 0) is 6.54 Å². The Hall–Kier alpha value is -2.93. The Morgan fingerprint density at radius 3 is 1.65 bits per heavy atom. The normalized spacial score (nSPS) is 12.0. The Morgan fingerprint density at radius 1 is 0.645 bits per heavy atom. The van der Waals surface area contributed by atoms with Crippen molar-refractivity contribution in [2.45, 2.75) is 26.3 Å². The second-order valence-electron chi connectivity index (χ2n) is 7.83. The molecule has 0 bridgehead atoms. The molecule has 0 saturated carbocycles. The quantitative estimate of drug-likeness (QED) is 0.271. The highest BCUT2D eigenvalue weighted by Gasteiger charge is 2.24. The van der Waals surface area contributed by atoms with Crippen LogP contribution in [0.2, 0.25) is 0 Å². The van der Waals surface area contributed by atoms with Crippen LogP contribution in [0, 0.1) is 13.8 Å². The summed E-state index contributed by atoms with van der Waals surface area (Å²) in [6.45, 7) is 5.12. The molecule has 1 atom stereocenters. The fraction of sp³-hybridized carbons (Fsp3) is 0.143. The fourth-order valence-electron chi connectivity index (χ4n) is 3.86. The molecule has 4 rings (SSSR count). The van der Waals surface area contributed by atoms with Crippen LogP contribution in [0.15, 0.2) is 109 Å². The number of rotatable bonds is 8. The van der Waals surface area contributed by atoms with Crippen LogP contribution in [0.3, 0.4) is 0 Å². The summed E-state index contributed by atoms with van der Waals surface area (Å²) in [5.74, 6) is 0.0845. The molecular formula is C28H29N2P. The van der Waals surface area contributed by atoms with E-state index < -0.39 is 7.92 Å². The van der Waals surface area contributed by atoms with E-state index in [4.69, 9.17) is 0 Å². The second-order valence-corrected chi connectivity index (χ2v) is 10.1. The van der Waals surface area contributed by atoms with E-state index in [1.165, 1.54) is 27.3 Å². The van der Waals surface area contributed by atoms with Crippen molar-refractivity contribution in [2.24, 2.45) is 0 Å². The van der Waals surface area contributed by atoms with Crippen molar-refractivity contribution < 1.29 is 0 Å². The maximum Gasteiger partial charge on any atom is 0.105 e. The maximum absolute atomic E-state index is 3.85. The monoisotopic (exact) mass is 424 g/mol. The van der Waals surface area contributed by atoms with Gasteiger partial charge >= 0.3 is 0 Å². The first kappa shape index (κ1) is 21.3. The molecule has 4 aromatic rings. The third kappa shape index (κ3) is 5.82. The first-order chi connectivity index (χ1) is 15.2. The topological polar surface area (TPSA) is 24.1 Å². The number of hydrogen-bond acceptors (Lipinski definition) is 2. The zero-order valence-electron chi connectivity index (χ0n) is 18.1. The largest absolute Gasteiger partial charge is 0.366 e. The first-order valence-electron chi connectivity index (χ1n) is 10.7. The van der Waals surface area contributed by atoms with Crippen molar-refractivity contribution >= 4 is 24.2 Å². The Kier molecular flexibility index (Phi) is 7.14. The van der Waals surface area contributed by atoms with Gasteiger partial charge in [0.25, 0.3) is 0 Å². The minimum atomic E-state index is -0.676. The summed E-state index contributed by atoms with van der Waals surface area (Å²) < 4.78 is 0. The molecule has 1 unspecified atom stereocenters. The van der Waals surface area contributed by atoms with Crippen LogP contribution >= 0.6 is 7.92 Å². The van der Waals surface area contributed by atoms with E-state index in [1.54, 1.807) is 0 Å². The summed E-state index contributed by atoms with van der Waals surface area (Å²) in [5, 5.41) is 10.4. The standard InChI is InChI=1S/C28H29N2P/c1-22-18-23(2)20-25(19-22)30-28(29-21-24-12-6-3-7-13-24)31(26-14-8-4-9-15-26)27-16-10-5-11-17-27/h3-20,28-30H,21H2,1-2H3. The Morgan fingerprint density at radius 2 is 1.13 bits per heavy atom. The lowest BCUT2D eigenvalue weighted by Gasteiger charge is -2.31. The van der Waals surface area contributed by atoms with Crippen molar-refractivity contribution in [2.75, 3.05) is 5.32 Å². The molecule has 0 radical (unpaired) electrons. The molecule has 2 N–H and O–H groups in total. The van der Waals surface area contributed by atoms with Crippen LogP contribution < -0.4 is 21.2 Å². The number of hydrogen-bond donors (Lipinski definition) is 2. The van der Waals surface area contributed by atoms with Crippen LogP contribution in [0.4, 0.5) is 5.69 Å². The minimum absolute atomic E-state index is 0.0845. The number of nitrogens with one attached hydrogen (secondary N) is 2. The highest BCUT2D eigenvalue weighted by molar-refractivity contribution is 7.73. The van der Waals surface area contributed by atoms with Crippen molar-refractivity contribution in [3.05, 3.63) is 126 Å². The van der Waals surface area contributed by atoms with Crippen LogP contribution in [0.25, 0.3) is 0 Å². The van der Waals surface area contributed by atoms with Gasteiger partial charge in [0, 0.05) is 12.2 Å². The summed E-state index contributed by atoms with van der Waals surface area (Å²) in [7, 11) is -0.676. The first-order valence-corrected chi connectivity index (χ1v) is 12.1. The molecule has 0 heterocycles. The Bertz CT molecular complexity index is 1020. The molecule has 0 aromatic heterocycles. The Balaban J connectivity index is 1.72. The van der Waals surface area contributed by atoms with Gasteiger partial charge in [-0.1, -0.05) is 97.1 Å². The smallest absolute Gasteiger partial charge is 0.105 e. The van der Waals surface area contributed by atoms with E-state index >= 15 is 0 Å².